The predicted molar refractivity (Wildman–Crippen MR) is 90.8 cm³/mol. The van der Waals surface area contributed by atoms with Crippen molar-refractivity contribution in [2.75, 3.05) is 13.1 Å². The Balaban J connectivity index is 1.40. The average Bonchev–Trinajstić information content (AvgIpc) is 3.10. The van der Waals surface area contributed by atoms with Crippen molar-refractivity contribution in [1.29, 1.82) is 0 Å². The minimum atomic E-state index is -0.636. The Kier molecular flexibility index (Phi) is 4.17. The molecule has 3 unspecified atom stereocenters. The van der Waals surface area contributed by atoms with Gasteiger partial charge in [0.05, 0.1) is 6.54 Å². The van der Waals surface area contributed by atoms with Crippen molar-refractivity contribution in [3.8, 4) is 17.4 Å². The summed E-state index contributed by atoms with van der Waals surface area (Å²) in [7, 11) is 0. The van der Waals surface area contributed by atoms with Gasteiger partial charge in [0.1, 0.15) is 12.2 Å². The number of fused-ring (bicyclic) bond motifs is 1. The Hall–Kier alpha value is -2.76. The Morgan fingerprint density at radius 1 is 1.16 bits per heavy atom. The summed E-state index contributed by atoms with van der Waals surface area (Å²) in [6.07, 6.45) is 1.45. The molecule has 0 N–H and O–H groups in total. The maximum Gasteiger partial charge on any atom is 0.267 e. The molecular weight excluding hydrogens is 320 g/mol. The first-order chi connectivity index (χ1) is 12.2. The second-order valence-corrected chi connectivity index (χ2v) is 6.29. The maximum absolute atomic E-state index is 12.9. The Labute approximate surface area is 146 Å². The van der Waals surface area contributed by atoms with E-state index >= 15 is 0 Å². The fraction of sp³-hybridized carbons (Fsp3) is 0.368. The number of likely N-dealkylation sites (tertiary alicyclic amines) is 1. The Morgan fingerprint density at radius 2 is 1.92 bits per heavy atom. The van der Waals surface area contributed by atoms with Crippen molar-refractivity contribution in [2.24, 2.45) is 0 Å². The van der Waals surface area contributed by atoms with E-state index in [9.17, 15) is 4.79 Å². The molecule has 1 saturated heterocycles. The molecule has 2 aliphatic heterocycles. The van der Waals surface area contributed by atoms with E-state index in [4.69, 9.17) is 14.2 Å². The minimum Gasteiger partial charge on any atom is -0.482 e. The van der Waals surface area contributed by atoms with E-state index in [1.807, 2.05) is 49.4 Å². The highest BCUT2D eigenvalue weighted by Gasteiger charge is 2.39. The second-order valence-electron chi connectivity index (χ2n) is 6.29. The zero-order valence-electron chi connectivity index (χ0n) is 14.0. The number of hydrogen-bond acceptors (Lipinski definition) is 5. The molecule has 3 heterocycles. The highest BCUT2D eigenvalue weighted by atomic mass is 16.6. The van der Waals surface area contributed by atoms with Gasteiger partial charge in [0, 0.05) is 25.2 Å². The molecule has 3 atom stereocenters. The van der Waals surface area contributed by atoms with Crippen molar-refractivity contribution in [1.82, 2.24) is 9.88 Å². The second kappa shape index (κ2) is 6.63. The van der Waals surface area contributed by atoms with Gasteiger partial charge in [-0.1, -0.05) is 18.2 Å². The van der Waals surface area contributed by atoms with Crippen LogP contribution in [0.3, 0.4) is 0 Å². The molecule has 130 valence electrons. The van der Waals surface area contributed by atoms with Crippen molar-refractivity contribution >= 4 is 5.91 Å². The maximum atomic E-state index is 12.9. The monoisotopic (exact) mass is 340 g/mol. The van der Waals surface area contributed by atoms with Gasteiger partial charge in [-0.05, 0) is 25.1 Å². The molecular formula is C19H20N2O4. The highest BCUT2D eigenvalue weighted by Crippen LogP contribution is 2.34. The van der Waals surface area contributed by atoms with Gasteiger partial charge in [0.25, 0.3) is 5.91 Å². The zero-order valence-corrected chi connectivity index (χ0v) is 14.0. The van der Waals surface area contributed by atoms with Gasteiger partial charge in [-0.2, -0.15) is 0 Å². The predicted octanol–water partition coefficient (Wildman–Crippen LogP) is 2.29. The van der Waals surface area contributed by atoms with E-state index in [1.165, 1.54) is 0 Å². The fourth-order valence-electron chi connectivity index (χ4n) is 3.18. The number of pyridine rings is 1. The van der Waals surface area contributed by atoms with Crippen molar-refractivity contribution in [3.05, 3.63) is 48.7 Å². The molecule has 1 fully saturated rings. The van der Waals surface area contributed by atoms with Crippen LogP contribution in [0.2, 0.25) is 0 Å². The van der Waals surface area contributed by atoms with Crippen LogP contribution in [0.5, 0.6) is 17.4 Å². The van der Waals surface area contributed by atoms with Crippen LogP contribution in [0.4, 0.5) is 0 Å². The summed E-state index contributed by atoms with van der Waals surface area (Å²) in [5.41, 5.74) is 0. The zero-order chi connectivity index (χ0) is 17.2. The van der Waals surface area contributed by atoms with Crippen molar-refractivity contribution < 1.29 is 19.0 Å². The first-order valence-corrected chi connectivity index (χ1v) is 8.49. The minimum absolute atomic E-state index is 0.0500. The number of para-hydroxylation sites is 2. The van der Waals surface area contributed by atoms with Crippen LogP contribution < -0.4 is 14.2 Å². The average molecular weight is 340 g/mol. The summed E-state index contributed by atoms with van der Waals surface area (Å²) in [6.45, 7) is 3.03. The van der Waals surface area contributed by atoms with Crippen LogP contribution in [0.15, 0.2) is 48.7 Å². The largest absolute Gasteiger partial charge is 0.482 e. The number of nitrogens with zero attached hydrogens (tertiary/aromatic N) is 2. The van der Waals surface area contributed by atoms with Crippen LogP contribution >= 0.6 is 0 Å². The number of hydrogen-bond donors (Lipinski definition) is 0. The van der Waals surface area contributed by atoms with Crippen LogP contribution in [0.25, 0.3) is 0 Å². The molecule has 1 aromatic carbocycles. The number of carbonyl (C=O) groups excluding carboxylic acids is 1. The molecule has 1 aromatic heterocycles. The molecule has 6 nitrogen and oxygen atoms in total. The standard InChI is InChI=1S/C19H20N2O4/c1-13-18(25-16-7-3-2-6-15(16)23-13)19(22)21-11-9-14(12-21)24-17-8-4-5-10-20-17/h2-8,10,13-14,18H,9,11-12H2,1H3. The Morgan fingerprint density at radius 3 is 2.68 bits per heavy atom. The van der Waals surface area contributed by atoms with Crippen LogP contribution in [0, 0.1) is 0 Å². The Bertz CT molecular complexity index is 752. The number of aromatic nitrogens is 1. The normalized spacial score (nSPS) is 24.8. The number of carbonyl (C=O) groups is 1. The summed E-state index contributed by atoms with van der Waals surface area (Å²) < 4.78 is 17.6. The molecule has 1 amide bonds. The lowest BCUT2D eigenvalue weighted by atomic mass is 10.1. The van der Waals surface area contributed by atoms with E-state index in [0.29, 0.717) is 30.5 Å². The van der Waals surface area contributed by atoms with Crippen molar-refractivity contribution in [3.63, 3.8) is 0 Å². The third-order valence-corrected chi connectivity index (χ3v) is 4.47. The lowest BCUT2D eigenvalue weighted by molar-refractivity contribution is -0.143. The van der Waals surface area contributed by atoms with Gasteiger partial charge in [-0.3, -0.25) is 4.79 Å². The third kappa shape index (κ3) is 3.24. The molecule has 2 aliphatic rings. The van der Waals surface area contributed by atoms with Crippen molar-refractivity contribution in [2.45, 2.75) is 31.7 Å². The van der Waals surface area contributed by atoms with E-state index < -0.39 is 6.10 Å². The van der Waals surface area contributed by atoms with Gasteiger partial charge in [-0.15, -0.1) is 0 Å². The number of ether oxygens (including phenoxy) is 3. The topological polar surface area (TPSA) is 60.9 Å². The van der Waals surface area contributed by atoms with Gasteiger partial charge in [-0.25, -0.2) is 4.98 Å². The lowest BCUT2D eigenvalue weighted by Crippen LogP contribution is -2.50. The van der Waals surface area contributed by atoms with E-state index in [0.717, 1.165) is 6.42 Å². The molecule has 25 heavy (non-hydrogen) atoms. The molecule has 6 heteroatoms. The van der Waals surface area contributed by atoms with E-state index in [1.54, 1.807) is 11.1 Å². The van der Waals surface area contributed by atoms with Gasteiger partial charge >= 0.3 is 0 Å². The van der Waals surface area contributed by atoms with Gasteiger partial charge in [0.15, 0.2) is 11.5 Å². The first-order valence-electron chi connectivity index (χ1n) is 8.49. The van der Waals surface area contributed by atoms with E-state index in [2.05, 4.69) is 4.98 Å². The summed E-state index contributed by atoms with van der Waals surface area (Å²) in [5.74, 6) is 1.81. The van der Waals surface area contributed by atoms with Crippen LogP contribution in [-0.4, -0.2) is 47.2 Å². The summed E-state index contributed by atoms with van der Waals surface area (Å²) >= 11 is 0. The number of amides is 1. The molecule has 2 aromatic rings. The molecule has 0 bridgehead atoms. The lowest BCUT2D eigenvalue weighted by Gasteiger charge is -2.33. The fourth-order valence-corrected chi connectivity index (χ4v) is 3.18. The number of benzene rings is 1. The van der Waals surface area contributed by atoms with Gasteiger partial charge in [0.2, 0.25) is 12.0 Å². The summed E-state index contributed by atoms with van der Waals surface area (Å²) in [4.78, 5) is 18.8. The molecule has 0 spiro atoms. The molecule has 0 saturated carbocycles. The first kappa shape index (κ1) is 15.7. The van der Waals surface area contributed by atoms with Gasteiger partial charge < -0.3 is 19.1 Å². The van der Waals surface area contributed by atoms with Crippen LogP contribution in [0.1, 0.15) is 13.3 Å². The molecule has 4 rings (SSSR count). The van der Waals surface area contributed by atoms with E-state index in [-0.39, 0.29) is 18.1 Å². The smallest absolute Gasteiger partial charge is 0.267 e. The van der Waals surface area contributed by atoms with Crippen LogP contribution in [-0.2, 0) is 4.79 Å². The highest BCUT2D eigenvalue weighted by molar-refractivity contribution is 5.82. The molecule has 0 radical (unpaired) electrons. The molecule has 0 aliphatic carbocycles. The number of rotatable bonds is 3. The SMILES string of the molecule is CC1Oc2ccccc2OC1C(=O)N1CCC(Oc2ccccn2)C1. The summed E-state index contributed by atoms with van der Waals surface area (Å²) in [6, 6.07) is 13.0. The summed E-state index contributed by atoms with van der Waals surface area (Å²) in [5, 5.41) is 0. The third-order valence-electron chi connectivity index (χ3n) is 4.47. The quantitative estimate of drug-likeness (QED) is 0.858.